The molecular formula is C12H20N6O2. The van der Waals surface area contributed by atoms with Gasteiger partial charge in [-0.2, -0.15) is 4.98 Å². The maximum Gasteiger partial charge on any atom is 0.332 e. The lowest BCUT2D eigenvalue weighted by Gasteiger charge is -2.37. The average molecular weight is 280 g/mol. The predicted molar refractivity (Wildman–Crippen MR) is 76.8 cm³/mol. The van der Waals surface area contributed by atoms with Crippen LogP contribution in [0.2, 0.25) is 0 Å². The van der Waals surface area contributed by atoms with Gasteiger partial charge in [-0.05, 0) is 20.8 Å². The number of hydrogen-bond acceptors (Lipinski definition) is 7. The van der Waals surface area contributed by atoms with Crippen LogP contribution in [0.4, 0.5) is 17.5 Å². The van der Waals surface area contributed by atoms with Crippen molar-refractivity contribution < 1.29 is 4.92 Å². The van der Waals surface area contributed by atoms with Gasteiger partial charge in [-0.15, -0.1) is 0 Å². The first-order valence-corrected chi connectivity index (χ1v) is 6.67. The van der Waals surface area contributed by atoms with E-state index in [2.05, 4.69) is 28.7 Å². The van der Waals surface area contributed by atoms with E-state index in [1.54, 1.807) is 6.92 Å². The molecule has 1 saturated heterocycles. The molecule has 1 aromatic heterocycles. The summed E-state index contributed by atoms with van der Waals surface area (Å²) in [5.74, 6) is 0.415. The van der Waals surface area contributed by atoms with Crippen molar-refractivity contribution in [1.82, 2.24) is 14.9 Å². The normalized spacial score (nSPS) is 16.7. The molecule has 2 rings (SSSR count). The van der Waals surface area contributed by atoms with Gasteiger partial charge in [0.2, 0.25) is 11.8 Å². The van der Waals surface area contributed by atoms with E-state index in [0.29, 0.717) is 30.6 Å². The van der Waals surface area contributed by atoms with Crippen LogP contribution >= 0.6 is 0 Å². The van der Waals surface area contributed by atoms with Crippen molar-refractivity contribution in [2.45, 2.75) is 26.8 Å². The van der Waals surface area contributed by atoms with Crippen LogP contribution in [0.15, 0.2) is 0 Å². The van der Waals surface area contributed by atoms with Gasteiger partial charge < -0.3 is 10.6 Å². The smallest absolute Gasteiger partial charge is 0.332 e. The zero-order valence-electron chi connectivity index (χ0n) is 12.0. The molecule has 8 nitrogen and oxygen atoms in total. The largest absolute Gasteiger partial charge is 0.368 e. The molecule has 0 radical (unpaired) electrons. The molecule has 0 aliphatic carbocycles. The Bertz CT molecular complexity index is 511. The number of nitrogens with zero attached hydrogens (tertiary/aromatic N) is 5. The second-order valence-electron chi connectivity index (χ2n) is 5.21. The van der Waals surface area contributed by atoms with E-state index in [-0.39, 0.29) is 11.6 Å². The van der Waals surface area contributed by atoms with Crippen LogP contribution in [0, 0.1) is 17.0 Å². The average Bonchev–Trinajstić information content (AvgIpc) is 2.37. The molecule has 0 bridgehead atoms. The molecule has 2 N–H and O–H groups in total. The molecule has 0 amide bonds. The highest BCUT2D eigenvalue weighted by molar-refractivity contribution is 5.62. The molecule has 1 aliphatic heterocycles. The van der Waals surface area contributed by atoms with Gasteiger partial charge in [0.25, 0.3) is 0 Å². The standard InChI is InChI=1S/C12H20N6O2/c1-8(2)16-4-6-17(7-5-16)11-10(18(19)20)9(3)14-12(13)15-11/h8H,4-7H2,1-3H3,(H2,13,14,15). The summed E-state index contributed by atoms with van der Waals surface area (Å²) in [4.78, 5) is 23.0. The minimum Gasteiger partial charge on any atom is -0.368 e. The molecule has 20 heavy (non-hydrogen) atoms. The SMILES string of the molecule is Cc1nc(N)nc(N2CCN(C(C)C)CC2)c1[N+](=O)[O-]. The molecular weight excluding hydrogens is 260 g/mol. The Balaban J connectivity index is 2.27. The minimum atomic E-state index is -0.432. The number of nitrogen functional groups attached to an aromatic ring is 1. The summed E-state index contributed by atoms with van der Waals surface area (Å²) in [7, 11) is 0. The van der Waals surface area contributed by atoms with E-state index in [4.69, 9.17) is 5.73 Å². The van der Waals surface area contributed by atoms with Crippen molar-refractivity contribution in [3.8, 4) is 0 Å². The molecule has 110 valence electrons. The monoisotopic (exact) mass is 280 g/mol. The highest BCUT2D eigenvalue weighted by atomic mass is 16.6. The fraction of sp³-hybridized carbons (Fsp3) is 0.667. The molecule has 0 unspecified atom stereocenters. The number of anilines is 2. The van der Waals surface area contributed by atoms with E-state index in [1.165, 1.54) is 0 Å². The van der Waals surface area contributed by atoms with E-state index in [0.717, 1.165) is 13.1 Å². The van der Waals surface area contributed by atoms with Gasteiger partial charge in [-0.1, -0.05) is 0 Å². The van der Waals surface area contributed by atoms with Gasteiger partial charge >= 0.3 is 5.69 Å². The highest BCUT2D eigenvalue weighted by Crippen LogP contribution is 2.29. The van der Waals surface area contributed by atoms with Gasteiger partial charge in [0, 0.05) is 32.2 Å². The number of aromatic nitrogens is 2. The summed E-state index contributed by atoms with van der Waals surface area (Å²) in [6.45, 7) is 9.00. The van der Waals surface area contributed by atoms with Crippen LogP contribution in [-0.4, -0.2) is 52.0 Å². The molecule has 0 spiro atoms. The third kappa shape index (κ3) is 2.79. The van der Waals surface area contributed by atoms with Gasteiger partial charge in [0.05, 0.1) is 4.92 Å². The molecule has 1 fully saturated rings. The molecule has 8 heteroatoms. The highest BCUT2D eigenvalue weighted by Gasteiger charge is 2.28. The molecule has 1 aliphatic rings. The van der Waals surface area contributed by atoms with Crippen molar-refractivity contribution in [3.05, 3.63) is 15.8 Å². The van der Waals surface area contributed by atoms with E-state index >= 15 is 0 Å². The van der Waals surface area contributed by atoms with Crippen molar-refractivity contribution in [3.63, 3.8) is 0 Å². The number of aryl methyl sites for hydroxylation is 1. The zero-order chi connectivity index (χ0) is 14.9. The Kier molecular flexibility index (Phi) is 4.03. The van der Waals surface area contributed by atoms with E-state index in [9.17, 15) is 10.1 Å². The number of nitro groups is 1. The summed E-state index contributed by atoms with van der Waals surface area (Å²) in [5, 5.41) is 11.2. The second kappa shape index (κ2) is 5.58. The summed E-state index contributed by atoms with van der Waals surface area (Å²) in [6, 6.07) is 0.476. The van der Waals surface area contributed by atoms with Crippen molar-refractivity contribution in [2.75, 3.05) is 36.8 Å². The van der Waals surface area contributed by atoms with Crippen LogP contribution in [0.1, 0.15) is 19.5 Å². The number of hydrogen-bond donors (Lipinski definition) is 1. The first-order chi connectivity index (χ1) is 9.40. The Morgan fingerprint density at radius 2 is 1.85 bits per heavy atom. The van der Waals surface area contributed by atoms with Crippen LogP contribution in [-0.2, 0) is 0 Å². The summed E-state index contributed by atoms with van der Waals surface area (Å²) in [5.41, 5.74) is 5.89. The Hall–Kier alpha value is -1.96. The van der Waals surface area contributed by atoms with Crippen molar-refractivity contribution >= 4 is 17.5 Å². The molecule has 0 aromatic carbocycles. The van der Waals surface area contributed by atoms with Gasteiger partial charge in [0.15, 0.2) is 0 Å². The van der Waals surface area contributed by atoms with Crippen molar-refractivity contribution in [1.29, 1.82) is 0 Å². The van der Waals surface area contributed by atoms with Crippen LogP contribution < -0.4 is 10.6 Å². The Morgan fingerprint density at radius 3 is 2.35 bits per heavy atom. The quantitative estimate of drug-likeness (QED) is 0.645. The Morgan fingerprint density at radius 1 is 1.25 bits per heavy atom. The third-order valence-electron chi connectivity index (χ3n) is 3.58. The molecule has 0 atom stereocenters. The lowest BCUT2D eigenvalue weighted by molar-refractivity contribution is -0.385. The van der Waals surface area contributed by atoms with Crippen molar-refractivity contribution in [2.24, 2.45) is 0 Å². The van der Waals surface area contributed by atoms with Gasteiger partial charge in [-0.3, -0.25) is 15.0 Å². The zero-order valence-corrected chi connectivity index (χ0v) is 12.0. The number of rotatable bonds is 3. The maximum absolute atomic E-state index is 11.2. The lowest BCUT2D eigenvalue weighted by Crippen LogP contribution is -2.49. The molecule has 1 aromatic rings. The summed E-state index contributed by atoms with van der Waals surface area (Å²) >= 11 is 0. The molecule has 2 heterocycles. The fourth-order valence-electron chi connectivity index (χ4n) is 2.46. The fourth-order valence-corrected chi connectivity index (χ4v) is 2.46. The van der Waals surface area contributed by atoms with Gasteiger partial charge in [-0.25, -0.2) is 4.98 Å². The van der Waals surface area contributed by atoms with Gasteiger partial charge in [0.1, 0.15) is 5.69 Å². The number of nitrogens with two attached hydrogens (primary N) is 1. The predicted octanol–water partition coefficient (Wildman–Crippen LogP) is 0.806. The van der Waals surface area contributed by atoms with Crippen LogP contribution in [0.3, 0.4) is 0 Å². The topological polar surface area (TPSA) is 101 Å². The molecule has 0 saturated carbocycles. The van der Waals surface area contributed by atoms with E-state index in [1.807, 2.05) is 4.90 Å². The lowest BCUT2D eigenvalue weighted by atomic mass is 10.2. The summed E-state index contributed by atoms with van der Waals surface area (Å²) < 4.78 is 0. The van der Waals surface area contributed by atoms with E-state index < -0.39 is 4.92 Å². The third-order valence-corrected chi connectivity index (χ3v) is 3.58. The maximum atomic E-state index is 11.2. The van der Waals surface area contributed by atoms with Crippen LogP contribution in [0.25, 0.3) is 0 Å². The summed E-state index contributed by atoms with van der Waals surface area (Å²) in [6.07, 6.45) is 0. The van der Waals surface area contributed by atoms with Crippen LogP contribution in [0.5, 0.6) is 0 Å². The first kappa shape index (κ1) is 14.4. The number of piperazine rings is 1. The Labute approximate surface area is 117 Å². The minimum absolute atomic E-state index is 0.0443. The second-order valence-corrected chi connectivity index (χ2v) is 5.21. The first-order valence-electron chi connectivity index (χ1n) is 6.67.